The van der Waals surface area contributed by atoms with Gasteiger partial charge in [-0.3, -0.25) is 4.99 Å². The Morgan fingerprint density at radius 2 is 1.81 bits per heavy atom. The molecule has 1 saturated heterocycles. The summed E-state index contributed by atoms with van der Waals surface area (Å²) in [4.78, 5) is 6.77. The lowest BCUT2D eigenvalue weighted by Crippen LogP contribution is -2.47. The Kier molecular flexibility index (Phi) is 6.97. The molecule has 0 spiro atoms. The molecule has 27 heavy (non-hydrogen) atoms. The summed E-state index contributed by atoms with van der Waals surface area (Å²) in [6.07, 6.45) is 3.22. The fourth-order valence-corrected chi connectivity index (χ4v) is 3.36. The Labute approximate surface area is 162 Å². The fourth-order valence-electron chi connectivity index (χ4n) is 3.36. The number of piperidine rings is 1. The van der Waals surface area contributed by atoms with Crippen LogP contribution in [0, 0.1) is 0 Å². The van der Waals surface area contributed by atoms with E-state index in [1.54, 1.807) is 7.11 Å². The predicted octanol–water partition coefficient (Wildman–Crippen LogP) is 3.36. The third-order valence-electron chi connectivity index (χ3n) is 4.83. The highest BCUT2D eigenvalue weighted by molar-refractivity contribution is 5.80. The molecule has 0 bridgehead atoms. The molecule has 1 heterocycles. The van der Waals surface area contributed by atoms with Gasteiger partial charge in [-0.05, 0) is 36.2 Å². The lowest BCUT2D eigenvalue weighted by molar-refractivity contribution is 0.129. The molecule has 0 aliphatic carbocycles. The first kappa shape index (κ1) is 19.1. The highest BCUT2D eigenvalue weighted by atomic mass is 16.5. The highest BCUT2D eigenvalue weighted by Crippen LogP contribution is 2.18. The van der Waals surface area contributed by atoms with Crippen LogP contribution in [0.4, 0.5) is 0 Å². The van der Waals surface area contributed by atoms with Gasteiger partial charge in [0.05, 0.1) is 7.11 Å². The first-order chi connectivity index (χ1) is 13.3. The van der Waals surface area contributed by atoms with E-state index < -0.39 is 0 Å². The molecule has 0 atom stereocenters. The van der Waals surface area contributed by atoms with E-state index in [2.05, 4.69) is 27.3 Å². The van der Waals surface area contributed by atoms with Gasteiger partial charge in [0, 0.05) is 39.5 Å². The maximum atomic E-state index is 6.08. The average molecular weight is 367 g/mol. The Morgan fingerprint density at radius 3 is 2.52 bits per heavy atom. The topological polar surface area (TPSA) is 46.1 Å². The quantitative estimate of drug-likeness (QED) is 0.628. The molecule has 5 nitrogen and oxygen atoms in total. The standard InChI is InChI=1S/C22H29N3O2/c1-23-22(24-14-11-18-7-6-10-21(17-18)26-2)25-15-12-20(13-16-25)27-19-8-4-3-5-9-19/h3-10,17,20H,11-16H2,1-2H3,(H,23,24). The van der Waals surface area contributed by atoms with Crippen molar-refractivity contribution < 1.29 is 9.47 Å². The summed E-state index contributed by atoms with van der Waals surface area (Å²) >= 11 is 0. The molecule has 2 aromatic carbocycles. The monoisotopic (exact) mass is 367 g/mol. The summed E-state index contributed by atoms with van der Waals surface area (Å²) in [6, 6.07) is 18.3. The minimum Gasteiger partial charge on any atom is -0.497 e. The minimum atomic E-state index is 0.276. The van der Waals surface area contributed by atoms with Gasteiger partial charge in [-0.2, -0.15) is 0 Å². The SMILES string of the molecule is CN=C(NCCc1cccc(OC)c1)N1CCC(Oc2ccccc2)CC1. The van der Waals surface area contributed by atoms with Gasteiger partial charge in [-0.25, -0.2) is 0 Å². The molecule has 0 saturated carbocycles. The van der Waals surface area contributed by atoms with E-state index in [1.807, 2.05) is 49.5 Å². The molecular formula is C22H29N3O2. The summed E-state index contributed by atoms with van der Waals surface area (Å²) in [7, 11) is 3.55. The number of hydrogen-bond acceptors (Lipinski definition) is 3. The lowest BCUT2D eigenvalue weighted by Gasteiger charge is -2.34. The normalized spacial score (nSPS) is 15.5. The van der Waals surface area contributed by atoms with Gasteiger partial charge in [0.2, 0.25) is 0 Å². The van der Waals surface area contributed by atoms with Crippen molar-refractivity contribution in [1.29, 1.82) is 0 Å². The highest BCUT2D eigenvalue weighted by Gasteiger charge is 2.22. The van der Waals surface area contributed by atoms with Crippen molar-refractivity contribution in [3.8, 4) is 11.5 Å². The van der Waals surface area contributed by atoms with E-state index in [-0.39, 0.29) is 6.10 Å². The number of ether oxygens (including phenoxy) is 2. The third-order valence-corrected chi connectivity index (χ3v) is 4.83. The number of likely N-dealkylation sites (tertiary alicyclic amines) is 1. The van der Waals surface area contributed by atoms with Crippen LogP contribution < -0.4 is 14.8 Å². The number of aliphatic imine (C=N–C) groups is 1. The molecule has 0 amide bonds. The molecule has 5 heteroatoms. The van der Waals surface area contributed by atoms with Crippen molar-refractivity contribution in [2.45, 2.75) is 25.4 Å². The Morgan fingerprint density at radius 1 is 1.07 bits per heavy atom. The van der Waals surface area contributed by atoms with Crippen LogP contribution in [0.25, 0.3) is 0 Å². The van der Waals surface area contributed by atoms with Gasteiger partial charge in [0.25, 0.3) is 0 Å². The molecule has 1 N–H and O–H groups in total. The summed E-state index contributed by atoms with van der Waals surface area (Å²) in [6.45, 7) is 2.76. The van der Waals surface area contributed by atoms with E-state index >= 15 is 0 Å². The maximum Gasteiger partial charge on any atom is 0.193 e. The second-order valence-corrected chi connectivity index (χ2v) is 6.69. The molecule has 1 fully saturated rings. The fraction of sp³-hybridized carbons (Fsp3) is 0.409. The molecule has 144 valence electrons. The molecule has 0 aromatic heterocycles. The van der Waals surface area contributed by atoms with Crippen LogP contribution in [0.2, 0.25) is 0 Å². The van der Waals surface area contributed by atoms with Crippen molar-refractivity contribution >= 4 is 5.96 Å². The van der Waals surface area contributed by atoms with Crippen molar-refractivity contribution in [2.24, 2.45) is 4.99 Å². The number of benzene rings is 2. The molecule has 0 unspecified atom stereocenters. The molecule has 0 radical (unpaired) electrons. The summed E-state index contributed by atoms with van der Waals surface area (Å²) in [5.41, 5.74) is 1.26. The number of nitrogens with zero attached hydrogens (tertiary/aromatic N) is 2. The van der Waals surface area contributed by atoms with Crippen LogP contribution in [-0.2, 0) is 6.42 Å². The second kappa shape index (κ2) is 9.86. The molecular weight excluding hydrogens is 338 g/mol. The number of hydrogen-bond donors (Lipinski definition) is 1. The van der Waals surface area contributed by atoms with Gasteiger partial charge in [-0.1, -0.05) is 30.3 Å². The van der Waals surface area contributed by atoms with Crippen LogP contribution >= 0.6 is 0 Å². The first-order valence-corrected chi connectivity index (χ1v) is 9.58. The van der Waals surface area contributed by atoms with E-state index in [0.717, 1.165) is 56.4 Å². The number of methoxy groups -OCH3 is 1. The summed E-state index contributed by atoms with van der Waals surface area (Å²) in [5, 5.41) is 3.48. The largest absolute Gasteiger partial charge is 0.497 e. The van der Waals surface area contributed by atoms with Gasteiger partial charge < -0.3 is 19.7 Å². The Balaban J connectivity index is 1.43. The summed E-state index contributed by atoms with van der Waals surface area (Å²) in [5.74, 6) is 2.82. The van der Waals surface area contributed by atoms with Gasteiger partial charge in [0.1, 0.15) is 17.6 Å². The van der Waals surface area contributed by atoms with Crippen LogP contribution in [0.3, 0.4) is 0 Å². The zero-order valence-electron chi connectivity index (χ0n) is 16.2. The Hall–Kier alpha value is -2.69. The smallest absolute Gasteiger partial charge is 0.193 e. The van der Waals surface area contributed by atoms with Crippen molar-refractivity contribution in [3.05, 3.63) is 60.2 Å². The zero-order valence-corrected chi connectivity index (χ0v) is 16.2. The van der Waals surface area contributed by atoms with E-state index in [4.69, 9.17) is 9.47 Å². The predicted molar refractivity (Wildman–Crippen MR) is 110 cm³/mol. The Bertz CT molecular complexity index is 725. The number of rotatable bonds is 6. The third kappa shape index (κ3) is 5.64. The van der Waals surface area contributed by atoms with E-state index in [9.17, 15) is 0 Å². The minimum absolute atomic E-state index is 0.276. The molecule has 3 rings (SSSR count). The number of nitrogens with one attached hydrogen (secondary N) is 1. The van der Waals surface area contributed by atoms with Gasteiger partial charge in [-0.15, -0.1) is 0 Å². The number of para-hydroxylation sites is 1. The van der Waals surface area contributed by atoms with Crippen molar-refractivity contribution in [3.63, 3.8) is 0 Å². The van der Waals surface area contributed by atoms with Crippen molar-refractivity contribution in [1.82, 2.24) is 10.2 Å². The van der Waals surface area contributed by atoms with Gasteiger partial charge >= 0.3 is 0 Å². The molecule has 2 aromatic rings. The maximum absolute atomic E-state index is 6.08. The van der Waals surface area contributed by atoms with Gasteiger partial charge in [0.15, 0.2) is 5.96 Å². The van der Waals surface area contributed by atoms with Crippen LogP contribution in [0.1, 0.15) is 18.4 Å². The number of guanidine groups is 1. The van der Waals surface area contributed by atoms with Crippen LogP contribution in [0.5, 0.6) is 11.5 Å². The van der Waals surface area contributed by atoms with E-state index in [0.29, 0.717) is 0 Å². The summed E-state index contributed by atoms with van der Waals surface area (Å²) < 4.78 is 11.4. The molecule has 1 aliphatic rings. The molecule has 1 aliphatic heterocycles. The first-order valence-electron chi connectivity index (χ1n) is 9.58. The van der Waals surface area contributed by atoms with Crippen LogP contribution in [-0.4, -0.2) is 50.8 Å². The van der Waals surface area contributed by atoms with Crippen molar-refractivity contribution in [2.75, 3.05) is 33.8 Å². The average Bonchev–Trinajstić information content (AvgIpc) is 2.73. The zero-order chi connectivity index (χ0) is 18.9. The van der Waals surface area contributed by atoms with Crippen LogP contribution in [0.15, 0.2) is 59.6 Å². The second-order valence-electron chi connectivity index (χ2n) is 6.69. The van der Waals surface area contributed by atoms with E-state index in [1.165, 1.54) is 5.56 Å². The lowest BCUT2D eigenvalue weighted by atomic mass is 10.1.